The van der Waals surface area contributed by atoms with Gasteiger partial charge >= 0.3 is 12.1 Å². The number of benzene rings is 1. The van der Waals surface area contributed by atoms with Crippen LogP contribution in [-0.2, 0) is 15.8 Å². The van der Waals surface area contributed by atoms with Crippen LogP contribution in [-0.4, -0.2) is 23.5 Å². The molecule has 0 aliphatic carbocycles. The minimum atomic E-state index is -4.44. The van der Waals surface area contributed by atoms with Gasteiger partial charge in [0.05, 0.1) is 5.56 Å². The molecule has 4 nitrogen and oxygen atoms in total. The molecular formula is C13H12F3NO3. The maximum Gasteiger partial charge on any atom is 0.416 e. The van der Waals surface area contributed by atoms with Gasteiger partial charge in [0.15, 0.2) is 0 Å². The van der Waals surface area contributed by atoms with Crippen molar-refractivity contribution in [1.29, 1.82) is 0 Å². The van der Waals surface area contributed by atoms with Gasteiger partial charge in [-0.05, 0) is 24.1 Å². The Morgan fingerprint density at radius 2 is 1.85 bits per heavy atom. The van der Waals surface area contributed by atoms with E-state index in [2.05, 4.69) is 5.32 Å². The monoisotopic (exact) mass is 287 g/mol. The SMILES string of the molecule is O=C(O)C1C(=O)NCCC1c1ccc(C(F)(F)F)cc1. The molecule has 2 atom stereocenters. The fourth-order valence-corrected chi connectivity index (χ4v) is 2.37. The lowest BCUT2D eigenvalue weighted by atomic mass is 9.80. The largest absolute Gasteiger partial charge is 0.481 e. The van der Waals surface area contributed by atoms with Crippen LogP contribution >= 0.6 is 0 Å². The van der Waals surface area contributed by atoms with Crippen LogP contribution in [0.5, 0.6) is 0 Å². The third kappa shape index (κ3) is 2.76. The zero-order chi connectivity index (χ0) is 14.9. The highest BCUT2D eigenvalue weighted by Crippen LogP contribution is 2.34. The van der Waals surface area contributed by atoms with Crippen LogP contribution in [0.2, 0.25) is 0 Å². The number of carboxylic acid groups (broad SMARTS) is 1. The van der Waals surface area contributed by atoms with E-state index in [0.717, 1.165) is 12.1 Å². The summed E-state index contributed by atoms with van der Waals surface area (Å²) in [5.74, 6) is -3.75. The van der Waals surface area contributed by atoms with Crippen LogP contribution in [0, 0.1) is 5.92 Å². The Labute approximate surface area is 112 Å². The predicted molar refractivity (Wildman–Crippen MR) is 62.9 cm³/mol. The van der Waals surface area contributed by atoms with Gasteiger partial charge in [-0.15, -0.1) is 0 Å². The quantitative estimate of drug-likeness (QED) is 0.818. The number of hydrogen-bond donors (Lipinski definition) is 2. The summed E-state index contributed by atoms with van der Waals surface area (Å²) in [6, 6.07) is 4.28. The molecule has 1 heterocycles. The molecule has 1 saturated heterocycles. The normalized spacial score (nSPS) is 23.2. The molecule has 0 spiro atoms. The van der Waals surface area contributed by atoms with Crippen molar-refractivity contribution >= 4 is 11.9 Å². The molecule has 0 bridgehead atoms. The average molecular weight is 287 g/mol. The van der Waals surface area contributed by atoms with Crippen molar-refractivity contribution in [3.8, 4) is 0 Å². The molecule has 1 fully saturated rings. The first-order chi connectivity index (χ1) is 9.30. The number of rotatable bonds is 2. The molecule has 1 aromatic rings. The molecule has 2 unspecified atom stereocenters. The van der Waals surface area contributed by atoms with E-state index in [1.165, 1.54) is 12.1 Å². The number of carbonyl (C=O) groups is 2. The van der Waals surface area contributed by atoms with Crippen LogP contribution in [0.4, 0.5) is 13.2 Å². The number of halogens is 3. The summed E-state index contributed by atoms with van der Waals surface area (Å²) in [5, 5.41) is 11.5. The molecule has 108 valence electrons. The number of alkyl halides is 3. The Morgan fingerprint density at radius 1 is 1.25 bits per heavy atom. The zero-order valence-corrected chi connectivity index (χ0v) is 10.3. The number of carboxylic acids is 1. The van der Waals surface area contributed by atoms with Gasteiger partial charge in [0, 0.05) is 12.5 Å². The molecule has 0 radical (unpaired) electrons. The summed E-state index contributed by atoms with van der Waals surface area (Å²) < 4.78 is 37.4. The molecule has 20 heavy (non-hydrogen) atoms. The zero-order valence-electron chi connectivity index (χ0n) is 10.3. The summed E-state index contributed by atoms with van der Waals surface area (Å²) in [7, 11) is 0. The van der Waals surface area contributed by atoms with E-state index in [9.17, 15) is 22.8 Å². The van der Waals surface area contributed by atoms with E-state index in [1.54, 1.807) is 0 Å². The molecule has 0 aromatic heterocycles. The van der Waals surface area contributed by atoms with E-state index in [0.29, 0.717) is 18.5 Å². The molecule has 2 N–H and O–H groups in total. The highest BCUT2D eigenvalue weighted by Gasteiger charge is 2.39. The average Bonchev–Trinajstić information content (AvgIpc) is 2.37. The van der Waals surface area contributed by atoms with Crippen LogP contribution in [0.1, 0.15) is 23.5 Å². The van der Waals surface area contributed by atoms with Gasteiger partial charge in [-0.2, -0.15) is 13.2 Å². The number of carbonyl (C=O) groups excluding carboxylic acids is 1. The van der Waals surface area contributed by atoms with Crippen molar-refractivity contribution in [2.75, 3.05) is 6.54 Å². The standard InChI is InChI=1S/C13H12F3NO3/c14-13(15,16)8-3-1-7(2-4-8)9-5-6-17-11(18)10(9)12(19)20/h1-4,9-10H,5-6H2,(H,17,18)(H,19,20). The van der Waals surface area contributed by atoms with E-state index >= 15 is 0 Å². The third-order valence-electron chi connectivity index (χ3n) is 3.37. The van der Waals surface area contributed by atoms with Crippen molar-refractivity contribution in [2.45, 2.75) is 18.5 Å². The number of amides is 1. The molecule has 1 aliphatic rings. The second-order valence-corrected chi connectivity index (χ2v) is 4.62. The first kappa shape index (κ1) is 14.4. The molecule has 2 rings (SSSR count). The van der Waals surface area contributed by atoms with Crippen molar-refractivity contribution in [3.63, 3.8) is 0 Å². The molecule has 1 aromatic carbocycles. The second-order valence-electron chi connectivity index (χ2n) is 4.62. The van der Waals surface area contributed by atoms with Crippen LogP contribution in [0.3, 0.4) is 0 Å². The predicted octanol–water partition coefficient (Wildman–Crippen LogP) is 2.01. The second kappa shape index (κ2) is 5.15. The van der Waals surface area contributed by atoms with Crippen LogP contribution < -0.4 is 5.32 Å². The Kier molecular flexibility index (Phi) is 3.69. The fraction of sp³-hybridized carbons (Fsp3) is 0.385. The minimum Gasteiger partial charge on any atom is -0.481 e. The van der Waals surface area contributed by atoms with Crippen molar-refractivity contribution < 1.29 is 27.9 Å². The highest BCUT2D eigenvalue weighted by atomic mass is 19.4. The van der Waals surface area contributed by atoms with Crippen LogP contribution in [0.25, 0.3) is 0 Å². The van der Waals surface area contributed by atoms with E-state index in [-0.39, 0.29) is 0 Å². The number of aliphatic carboxylic acids is 1. The van der Waals surface area contributed by atoms with E-state index < -0.39 is 35.5 Å². The van der Waals surface area contributed by atoms with Crippen LogP contribution in [0.15, 0.2) is 24.3 Å². The molecular weight excluding hydrogens is 275 g/mol. The summed E-state index contributed by atoms with van der Waals surface area (Å²) in [6.45, 7) is 0.314. The van der Waals surface area contributed by atoms with Gasteiger partial charge in [-0.1, -0.05) is 12.1 Å². The molecule has 1 aliphatic heterocycles. The topological polar surface area (TPSA) is 66.4 Å². The van der Waals surface area contributed by atoms with Gasteiger partial charge in [0.25, 0.3) is 0 Å². The molecule has 7 heteroatoms. The Balaban J connectivity index is 2.30. The Hall–Kier alpha value is -2.05. The number of piperidine rings is 1. The minimum absolute atomic E-state index is 0.314. The number of hydrogen-bond acceptors (Lipinski definition) is 2. The summed E-state index contributed by atoms with van der Waals surface area (Å²) in [6.07, 6.45) is -4.05. The van der Waals surface area contributed by atoms with Gasteiger partial charge in [-0.25, -0.2) is 0 Å². The maximum absolute atomic E-state index is 12.5. The molecule has 0 saturated carbocycles. The highest BCUT2D eigenvalue weighted by molar-refractivity contribution is 5.98. The Bertz CT molecular complexity index is 525. The van der Waals surface area contributed by atoms with Gasteiger partial charge in [0.2, 0.25) is 5.91 Å². The third-order valence-corrected chi connectivity index (χ3v) is 3.37. The van der Waals surface area contributed by atoms with Gasteiger partial charge in [-0.3, -0.25) is 9.59 Å². The van der Waals surface area contributed by atoms with E-state index in [4.69, 9.17) is 5.11 Å². The lowest BCUT2D eigenvalue weighted by Gasteiger charge is -2.28. The smallest absolute Gasteiger partial charge is 0.416 e. The van der Waals surface area contributed by atoms with Crippen molar-refractivity contribution in [3.05, 3.63) is 35.4 Å². The molecule has 1 amide bonds. The fourth-order valence-electron chi connectivity index (χ4n) is 2.37. The first-order valence-corrected chi connectivity index (χ1v) is 5.98. The van der Waals surface area contributed by atoms with Gasteiger partial charge < -0.3 is 10.4 Å². The van der Waals surface area contributed by atoms with Crippen molar-refractivity contribution in [1.82, 2.24) is 5.32 Å². The lowest BCUT2D eigenvalue weighted by molar-refractivity contribution is -0.149. The lowest BCUT2D eigenvalue weighted by Crippen LogP contribution is -2.44. The van der Waals surface area contributed by atoms with E-state index in [1.807, 2.05) is 0 Å². The Morgan fingerprint density at radius 3 is 2.35 bits per heavy atom. The summed E-state index contributed by atoms with van der Waals surface area (Å²) in [4.78, 5) is 22.7. The summed E-state index contributed by atoms with van der Waals surface area (Å²) in [5.41, 5.74) is -0.367. The first-order valence-electron chi connectivity index (χ1n) is 5.98. The van der Waals surface area contributed by atoms with Gasteiger partial charge in [0.1, 0.15) is 5.92 Å². The van der Waals surface area contributed by atoms with Crippen molar-refractivity contribution in [2.24, 2.45) is 5.92 Å². The number of nitrogens with one attached hydrogen (secondary N) is 1. The maximum atomic E-state index is 12.5. The summed E-state index contributed by atoms with van der Waals surface area (Å²) >= 11 is 0.